The van der Waals surface area contributed by atoms with E-state index < -0.39 is 0 Å². The zero-order valence-electron chi connectivity index (χ0n) is 11.2. The van der Waals surface area contributed by atoms with Gasteiger partial charge in [0.2, 0.25) is 0 Å². The van der Waals surface area contributed by atoms with E-state index in [2.05, 4.69) is 14.9 Å². The Morgan fingerprint density at radius 3 is 3.00 bits per heavy atom. The van der Waals surface area contributed by atoms with Gasteiger partial charge in [0.05, 0.1) is 12.6 Å². The molecular weight excluding hydrogens is 266 g/mol. The third-order valence-electron chi connectivity index (χ3n) is 3.38. The van der Waals surface area contributed by atoms with Crippen molar-refractivity contribution in [2.75, 3.05) is 25.2 Å². The maximum Gasteiger partial charge on any atom is 0.158 e. The standard InChI is InChI=1S/C13H20ClN3O2/c1-19-9-12-15-11(14)7-13(16-12)17-6-4-2-3-5-10(17)8-18/h7,10,18H,2-6,8-9H2,1H3. The second-order valence-corrected chi connectivity index (χ2v) is 5.16. The fourth-order valence-corrected chi connectivity index (χ4v) is 2.66. The molecule has 1 fully saturated rings. The molecule has 0 amide bonds. The second-order valence-electron chi connectivity index (χ2n) is 4.78. The van der Waals surface area contributed by atoms with E-state index in [0.717, 1.165) is 31.6 Å². The highest BCUT2D eigenvalue weighted by Crippen LogP contribution is 2.24. The van der Waals surface area contributed by atoms with Gasteiger partial charge in [-0.15, -0.1) is 0 Å². The van der Waals surface area contributed by atoms with Crippen molar-refractivity contribution in [3.63, 3.8) is 0 Å². The monoisotopic (exact) mass is 285 g/mol. The third-order valence-corrected chi connectivity index (χ3v) is 3.58. The Labute approximate surface area is 118 Å². The molecule has 0 spiro atoms. The summed E-state index contributed by atoms with van der Waals surface area (Å²) in [6.07, 6.45) is 4.43. The van der Waals surface area contributed by atoms with Gasteiger partial charge in [-0.1, -0.05) is 24.4 Å². The summed E-state index contributed by atoms with van der Waals surface area (Å²) < 4.78 is 5.05. The molecule has 2 rings (SSSR count). The second kappa shape index (κ2) is 7.03. The van der Waals surface area contributed by atoms with Gasteiger partial charge in [-0.2, -0.15) is 0 Å². The SMILES string of the molecule is COCc1nc(Cl)cc(N2CCCCCC2CO)n1. The molecule has 5 nitrogen and oxygen atoms in total. The van der Waals surface area contributed by atoms with Gasteiger partial charge in [-0.05, 0) is 12.8 Å². The number of ether oxygens (including phenoxy) is 1. The van der Waals surface area contributed by atoms with Crippen LogP contribution >= 0.6 is 11.6 Å². The predicted molar refractivity (Wildman–Crippen MR) is 74.4 cm³/mol. The lowest BCUT2D eigenvalue weighted by molar-refractivity contribution is 0.177. The van der Waals surface area contributed by atoms with E-state index >= 15 is 0 Å². The number of halogens is 1. The average Bonchev–Trinajstić information content (AvgIpc) is 2.63. The number of methoxy groups -OCH3 is 1. The highest BCUT2D eigenvalue weighted by molar-refractivity contribution is 6.29. The number of rotatable bonds is 4. The average molecular weight is 286 g/mol. The Balaban J connectivity index is 2.26. The van der Waals surface area contributed by atoms with E-state index in [1.807, 2.05) is 0 Å². The van der Waals surface area contributed by atoms with E-state index in [9.17, 15) is 5.11 Å². The van der Waals surface area contributed by atoms with Crippen molar-refractivity contribution in [1.29, 1.82) is 0 Å². The van der Waals surface area contributed by atoms with Crippen molar-refractivity contribution < 1.29 is 9.84 Å². The highest BCUT2D eigenvalue weighted by atomic mass is 35.5. The van der Waals surface area contributed by atoms with Crippen LogP contribution in [0.15, 0.2) is 6.07 Å². The van der Waals surface area contributed by atoms with Gasteiger partial charge in [-0.3, -0.25) is 0 Å². The summed E-state index contributed by atoms with van der Waals surface area (Å²) >= 11 is 6.04. The summed E-state index contributed by atoms with van der Waals surface area (Å²) in [6, 6.07) is 1.87. The van der Waals surface area contributed by atoms with Crippen LogP contribution in [0.1, 0.15) is 31.5 Å². The Morgan fingerprint density at radius 1 is 1.42 bits per heavy atom. The maximum atomic E-state index is 9.55. The number of anilines is 1. The van der Waals surface area contributed by atoms with Crippen molar-refractivity contribution in [3.05, 3.63) is 17.0 Å². The molecule has 106 valence electrons. The van der Waals surface area contributed by atoms with Crippen molar-refractivity contribution in [2.45, 2.75) is 38.3 Å². The summed E-state index contributed by atoms with van der Waals surface area (Å²) in [7, 11) is 1.60. The lowest BCUT2D eigenvalue weighted by Gasteiger charge is -2.29. The number of aliphatic hydroxyl groups excluding tert-OH is 1. The number of aliphatic hydroxyl groups is 1. The first kappa shape index (κ1) is 14.5. The molecule has 1 unspecified atom stereocenters. The Morgan fingerprint density at radius 2 is 2.26 bits per heavy atom. The molecule has 1 N–H and O–H groups in total. The molecule has 1 atom stereocenters. The first-order valence-corrected chi connectivity index (χ1v) is 7.02. The minimum absolute atomic E-state index is 0.115. The number of hydrogen-bond donors (Lipinski definition) is 1. The summed E-state index contributed by atoms with van der Waals surface area (Å²) in [5.74, 6) is 1.36. The number of hydrogen-bond acceptors (Lipinski definition) is 5. The van der Waals surface area contributed by atoms with Crippen LogP contribution < -0.4 is 4.90 Å². The van der Waals surface area contributed by atoms with Crippen molar-refractivity contribution in [1.82, 2.24) is 9.97 Å². The summed E-state index contributed by atoms with van der Waals surface area (Å²) in [4.78, 5) is 10.8. The van der Waals surface area contributed by atoms with E-state index in [0.29, 0.717) is 17.6 Å². The fraction of sp³-hybridized carbons (Fsp3) is 0.692. The predicted octanol–water partition coefficient (Wildman–Crippen LogP) is 2.02. The van der Waals surface area contributed by atoms with Gasteiger partial charge in [0.1, 0.15) is 17.6 Å². The summed E-state index contributed by atoms with van der Waals surface area (Å²) in [6.45, 7) is 1.37. The fourth-order valence-electron chi connectivity index (χ4n) is 2.46. The van der Waals surface area contributed by atoms with Crippen LogP contribution in [0.25, 0.3) is 0 Å². The molecule has 0 aliphatic carbocycles. The van der Waals surface area contributed by atoms with Crippen molar-refractivity contribution >= 4 is 17.4 Å². The van der Waals surface area contributed by atoms with E-state index in [1.54, 1.807) is 13.2 Å². The normalized spacial score (nSPS) is 20.4. The number of aromatic nitrogens is 2. The zero-order valence-corrected chi connectivity index (χ0v) is 11.9. The van der Waals surface area contributed by atoms with Gasteiger partial charge < -0.3 is 14.7 Å². The van der Waals surface area contributed by atoms with Gasteiger partial charge in [0, 0.05) is 19.7 Å². The minimum Gasteiger partial charge on any atom is -0.394 e. The Hall–Kier alpha value is -0.910. The molecule has 1 aliphatic heterocycles. The molecule has 1 aromatic heterocycles. The van der Waals surface area contributed by atoms with E-state index in [1.165, 1.54) is 6.42 Å². The number of nitrogens with zero attached hydrogens (tertiary/aromatic N) is 3. The minimum atomic E-state index is 0.115. The molecule has 1 saturated heterocycles. The first-order chi connectivity index (χ1) is 9.24. The quantitative estimate of drug-likeness (QED) is 0.858. The van der Waals surface area contributed by atoms with Crippen LogP contribution in [-0.4, -0.2) is 41.4 Å². The Kier molecular flexibility index (Phi) is 5.36. The molecular formula is C13H20ClN3O2. The molecule has 0 saturated carbocycles. The highest BCUT2D eigenvalue weighted by Gasteiger charge is 2.22. The van der Waals surface area contributed by atoms with E-state index in [-0.39, 0.29) is 12.6 Å². The molecule has 1 aliphatic rings. The molecule has 0 aromatic carbocycles. The zero-order chi connectivity index (χ0) is 13.7. The maximum absolute atomic E-state index is 9.55. The van der Waals surface area contributed by atoms with Gasteiger partial charge in [-0.25, -0.2) is 9.97 Å². The third kappa shape index (κ3) is 3.78. The lowest BCUT2D eigenvalue weighted by atomic mass is 10.1. The smallest absolute Gasteiger partial charge is 0.158 e. The Bertz CT molecular complexity index is 417. The van der Waals surface area contributed by atoms with Crippen LogP contribution in [0.4, 0.5) is 5.82 Å². The molecule has 19 heavy (non-hydrogen) atoms. The first-order valence-electron chi connectivity index (χ1n) is 6.64. The van der Waals surface area contributed by atoms with Crippen LogP contribution in [0, 0.1) is 0 Å². The summed E-state index contributed by atoms with van der Waals surface area (Å²) in [5, 5.41) is 9.96. The lowest BCUT2D eigenvalue weighted by Crippen LogP contribution is -2.38. The van der Waals surface area contributed by atoms with Crippen LogP contribution in [0.2, 0.25) is 5.15 Å². The molecule has 0 bridgehead atoms. The van der Waals surface area contributed by atoms with Crippen LogP contribution in [0.3, 0.4) is 0 Å². The van der Waals surface area contributed by atoms with Gasteiger partial charge >= 0.3 is 0 Å². The topological polar surface area (TPSA) is 58.5 Å². The molecule has 2 heterocycles. The van der Waals surface area contributed by atoms with Gasteiger partial charge in [0.15, 0.2) is 5.82 Å². The molecule has 1 aromatic rings. The van der Waals surface area contributed by atoms with Gasteiger partial charge in [0.25, 0.3) is 0 Å². The summed E-state index contributed by atoms with van der Waals surface area (Å²) in [5.41, 5.74) is 0. The van der Waals surface area contributed by atoms with Crippen LogP contribution in [-0.2, 0) is 11.3 Å². The largest absolute Gasteiger partial charge is 0.394 e. The van der Waals surface area contributed by atoms with Crippen molar-refractivity contribution in [2.24, 2.45) is 0 Å². The molecule has 0 radical (unpaired) electrons. The van der Waals surface area contributed by atoms with Crippen molar-refractivity contribution in [3.8, 4) is 0 Å². The molecule has 6 heteroatoms. The van der Waals surface area contributed by atoms with Crippen LogP contribution in [0.5, 0.6) is 0 Å². The van der Waals surface area contributed by atoms with E-state index in [4.69, 9.17) is 16.3 Å².